The maximum atomic E-state index is 11.3. The van der Waals surface area contributed by atoms with Crippen LogP contribution >= 0.6 is 15.9 Å². The van der Waals surface area contributed by atoms with E-state index in [0.29, 0.717) is 4.90 Å². The minimum atomic E-state index is -3.11. The van der Waals surface area contributed by atoms with Crippen molar-refractivity contribution in [2.45, 2.75) is 4.90 Å². The summed E-state index contributed by atoms with van der Waals surface area (Å²) < 4.78 is 25.2. The molecule has 0 radical (unpaired) electrons. The fraction of sp³-hybridized carbons (Fsp3) is 0.111. The Balaban J connectivity index is 2.75. The molecule has 2 rings (SSSR count). The standard InChI is InChI=1S/C9H8BrNO2S/c1-14(12,13)9-5-8-4-7(10)2-3-11(8)6-9/h2-6H,1H3. The molecular weight excluding hydrogens is 266 g/mol. The number of sulfone groups is 1. The van der Waals surface area contributed by atoms with Crippen LogP contribution in [0, 0.1) is 0 Å². The van der Waals surface area contributed by atoms with Gasteiger partial charge in [-0.25, -0.2) is 8.42 Å². The Kier molecular flexibility index (Phi) is 2.16. The summed E-state index contributed by atoms with van der Waals surface area (Å²) >= 11 is 3.33. The van der Waals surface area contributed by atoms with Crippen LogP contribution in [0.25, 0.3) is 5.52 Å². The summed E-state index contributed by atoms with van der Waals surface area (Å²) in [5, 5.41) is 0. The zero-order valence-corrected chi connectivity index (χ0v) is 9.84. The molecule has 0 bridgehead atoms. The van der Waals surface area contributed by atoms with Crippen molar-refractivity contribution in [1.82, 2.24) is 4.40 Å². The van der Waals surface area contributed by atoms with Crippen LogP contribution in [0.1, 0.15) is 0 Å². The van der Waals surface area contributed by atoms with Gasteiger partial charge >= 0.3 is 0 Å². The highest BCUT2D eigenvalue weighted by molar-refractivity contribution is 9.10. The van der Waals surface area contributed by atoms with Crippen molar-refractivity contribution in [1.29, 1.82) is 0 Å². The van der Waals surface area contributed by atoms with Gasteiger partial charge in [0.25, 0.3) is 0 Å². The first-order valence-electron chi connectivity index (χ1n) is 3.94. The minimum Gasteiger partial charge on any atom is -0.322 e. The predicted molar refractivity (Wildman–Crippen MR) is 58.2 cm³/mol. The summed E-state index contributed by atoms with van der Waals surface area (Å²) in [5.74, 6) is 0. The lowest BCUT2D eigenvalue weighted by Crippen LogP contribution is -1.93. The lowest BCUT2D eigenvalue weighted by atomic mass is 10.4. The first-order valence-corrected chi connectivity index (χ1v) is 6.62. The second kappa shape index (κ2) is 3.10. The SMILES string of the molecule is CS(=O)(=O)c1cc2cc(Br)ccn2c1. The molecule has 0 aromatic carbocycles. The molecule has 14 heavy (non-hydrogen) atoms. The third-order valence-electron chi connectivity index (χ3n) is 1.96. The van der Waals surface area contributed by atoms with Gasteiger partial charge in [0, 0.05) is 28.6 Å². The van der Waals surface area contributed by atoms with Crippen molar-refractivity contribution in [3.8, 4) is 0 Å². The number of fused-ring (bicyclic) bond motifs is 1. The highest BCUT2D eigenvalue weighted by Gasteiger charge is 2.09. The molecule has 74 valence electrons. The third kappa shape index (κ3) is 1.69. The predicted octanol–water partition coefficient (Wildman–Crippen LogP) is 2.11. The van der Waals surface area contributed by atoms with Crippen molar-refractivity contribution in [2.75, 3.05) is 6.26 Å². The number of pyridine rings is 1. The maximum absolute atomic E-state index is 11.3. The van der Waals surface area contributed by atoms with Gasteiger partial charge in [-0.3, -0.25) is 0 Å². The van der Waals surface area contributed by atoms with Gasteiger partial charge in [0.2, 0.25) is 0 Å². The lowest BCUT2D eigenvalue weighted by molar-refractivity contribution is 0.602. The normalized spacial score (nSPS) is 12.1. The van der Waals surface area contributed by atoms with Crippen molar-refractivity contribution in [3.05, 3.63) is 35.1 Å². The van der Waals surface area contributed by atoms with Gasteiger partial charge in [0.1, 0.15) is 0 Å². The van der Waals surface area contributed by atoms with Gasteiger partial charge in [-0.2, -0.15) is 0 Å². The number of nitrogens with zero attached hydrogens (tertiary/aromatic N) is 1. The topological polar surface area (TPSA) is 38.5 Å². The summed E-state index contributed by atoms with van der Waals surface area (Å²) in [6.45, 7) is 0. The third-order valence-corrected chi connectivity index (χ3v) is 3.54. The lowest BCUT2D eigenvalue weighted by Gasteiger charge is -1.92. The van der Waals surface area contributed by atoms with Crippen LogP contribution in [-0.4, -0.2) is 19.1 Å². The Hall–Kier alpha value is -0.810. The van der Waals surface area contributed by atoms with Crippen molar-refractivity contribution in [2.24, 2.45) is 0 Å². The molecule has 0 aliphatic heterocycles. The number of hydrogen-bond donors (Lipinski definition) is 0. The molecule has 3 nitrogen and oxygen atoms in total. The minimum absolute atomic E-state index is 0.343. The van der Waals surface area contributed by atoms with Crippen LogP contribution in [0.3, 0.4) is 0 Å². The maximum Gasteiger partial charge on any atom is 0.177 e. The molecule has 0 saturated heterocycles. The van der Waals surface area contributed by atoms with E-state index in [2.05, 4.69) is 15.9 Å². The molecule has 0 aliphatic rings. The zero-order chi connectivity index (χ0) is 10.3. The summed E-state index contributed by atoms with van der Waals surface area (Å²) in [7, 11) is -3.11. The second-order valence-corrected chi connectivity index (χ2v) is 6.06. The zero-order valence-electron chi connectivity index (χ0n) is 7.44. The van der Waals surface area contributed by atoms with Crippen molar-refractivity contribution in [3.63, 3.8) is 0 Å². The van der Waals surface area contributed by atoms with E-state index in [1.807, 2.05) is 18.3 Å². The van der Waals surface area contributed by atoms with Crippen LogP contribution in [0.4, 0.5) is 0 Å². The van der Waals surface area contributed by atoms with E-state index >= 15 is 0 Å². The Labute approximate surface area is 90.4 Å². The summed E-state index contributed by atoms with van der Waals surface area (Å²) in [4.78, 5) is 0.343. The van der Waals surface area contributed by atoms with Gasteiger partial charge in [-0.05, 0) is 18.2 Å². The van der Waals surface area contributed by atoms with Crippen LogP contribution in [0.15, 0.2) is 40.0 Å². The van der Waals surface area contributed by atoms with Crippen LogP contribution in [0.5, 0.6) is 0 Å². The fourth-order valence-corrected chi connectivity index (χ4v) is 2.25. The molecule has 0 atom stereocenters. The quantitative estimate of drug-likeness (QED) is 0.798. The van der Waals surface area contributed by atoms with Gasteiger partial charge in [-0.15, -0.1) is 0 Å². The Bertz CT molecular complexity index is 586. The molecule has 0 N–H and O–H groups in total. The summed E-state index contributed by atoms with van der Waals surface area (Å²) in [5.41, 5.74) is 0.861. The molecule has 0 amide bonds. The van der Waals surface area contributed by atoms with E-state index in [1.54, 1.807) is 16.7 Å². The van der Waals surface area contributed by atoms with Crippen LogP contribution < -0.4 is 0 Å². The van der Waals surface area contributed by atoms with E-state index in [4.69, 9.17) is 0 Å². The number of rotatable bonds is 1. The van der Waals surface area contributed by atoms with Gasteiger partial charge in [0.05, 0.1) is 4.90 Å². The average Bonchev–Trinajstić information content (AvgIpc) is 2.45. The molecule has 0 spiro atoms. The van der Waals surface area contributed by atoms with Gasteiger partial charge in [0.15, 0.2) is 9.84 Å². The first kappa shape index (κ1) is 9.73. The Morgan fingerprint density at radius 2 is 2.07 bits per heavy atom. The largest absolute Gasteiger partial charge is 0.322 e. The van der Waals surface area contributed by atoms with Crippen LogP contribution in [0.2, 0.25) is 0 Å². The number of halogens is 1. The monoisotopic (exact) mass is 273 g/mol. The average molecular weight is 274 g/mol. The van der Waals surface area contributed by atoms with Crippen molar-refractivity contribution < 1.29 is 8.42 Å². The highest BCUT2D eigenvalue weighted by Crippen LogP contribution is 2.18. The highest BCUT2D eigenvalue weighted by atomic mass is 79.9. The molecule has 2 aromatic heterocycles. The molecule has 0 unspecified atom stereocenters. The molecule has 0 aliphatic carbocycles. The van der Waals surface area contributed by atoms with E-state index in [0.717, 1.165) is 9.99 Å². The first-order chi connectivity index (χ1) is 6.47. The van der Waals surface area contributed by atoms with E-state index in [-0.39, 0.29) is 0 Å². The van der Waals surface area contributed by atoms with Gasteiger partial charge in [-0.1, -0.05) is 15.9 Å². The molecular formula is C9H8BrNO2S. The molecule has 5 heteroatoms. The molecule has 0 fully saturated rings. The van der Waals surface area contributed by atoms with E-state index in [9.17, 15) is 8.42 Å². The fourth-order valence-electron chi connectivity index (χ4n) is 1.26. The van der Waals surface area contributed by atoms with Gasteiger partial charge < -0.3 is 4.40 Å². The molecule has 0 saturated carbocycles. The Morgan fingerprint density at radius 3 is 2.71 bits per heavy atom. The van der Waals surface area contributed by atoms with Crippen LogP contribution in [-0.2, 0) is 9.84 Å². The number of hydrogen-bond acceptors (Lipinski definition) is 2. The second-order valence-electron chi connectivity index (χ2n) is 3.13. The van der Waals surface area contributed by atoms with Crippen molar-refractivity contribution >= 4 is 31.3 Å². The van der Waals surface area contributed by atoms with E-state index < -0.39 is 9.84 Å². The summed E-state index contributed by atoms with van der Waals surface area (Å²) in [6, 6.07) is 5.38. The Morgan fingerprint density at radius 1 is 1.36 bits per heavy atom. The van der Waals surface area contributed by atoms with E-state index in [1.165, 1.54) is 6.26 Å². The molecule has 2 heterocycles. The molecule has 2 aromatic rings. The number of aromatic nitrogens is 1. The summed E-state index contributed by atoms with van der Waals surface area (Å²) in [6.07, 6.45) is 4.63. The smallest absolute Gasteiger partial charge is 0.177 e.